The van der Waals surface area contributed by atoms with E-state index in [1.165, 1.54) is 0 Å². The molecule has 7 heteroatoms. The molecule has 0 spiro atoms. The molecule has 6 nitrogen and oxygen atoms in total. The van der Waals surface area contributed by atoms with Gasteiger partial charge in [-0.05, 0) is 48.4 Å². The minimum absolute atomic E-state index is 0.789. The van der Waals surface area contributed by atoms with Gasteiger partial charge in [-0.15, -0.1) is 0 Å². The second-order valence-corrected chi connectivity index (χ2v) is 8.73. The highest BCUT2D eigenvalue weighted by Crippen LogP contribution is 2.42. The van der Waals surface area contributed by atoms with E-state index in [1.807, 2.05) is 12.4 Å². The molecule has 2 aromatic carbocycles. The summed E-state index contributed by atoms with van der Waals surface area (Å²) in [5, 5.41) is 10.3. The molecule has 2 aromatic heterocycles. The van der Waals surface area contributed by atoms with Crippen LogP contribution in [0.25, 0.3) is 32.9 Å². The number of aryl methyl sites for hydroxylation is 2. The third-order valence-electron chi connectivity index (χ3n) is 6.41. The summed E-state index contributed by atoms with van der Waals surface area (Å²) in [6, 6.07) is 6.30. The van der Waals surface area contributed by atoms with E-state index in [2.05, 4.69) is 63.6 Å². The number of piperazine rings is 1. The maximum Gasteiger partial charge on any atom is 0.140 e. The first-order valence-corrected chi connectivity index (χ1v) is 11.5. The summed E-state index contributed by atoms with van der Waals surface area (Å²) in [5.41, 5.74) is 6.35. The normalized spacial score (nSPS) is 14.5. The molecule has 0 saturated carbocycles. The fourth-order valence-corrected chi connectivity index (χ4v) is 5.11. The minimum Gasteiger partial charge on any atom is -0.374 e. The Morgan fingerprint density at radius 1 is 1.19 bits per heavy atom. The predicted molar refractivity (Wildman–Crippen MR) is 132 cm³/mol. The Balaban J connectivity index is 1.73. The van der Waals surface area contributed by atoms with Gasteiger partial charge in [0.1, 0.15) is 12.1 Å². The fourth-order valence-electron chi connectivity index (χ4n) is 4.77. The zero-order valence-electron chi connectivity index (χ0n) is 18.5. The molecule has 0 bridgehead atoms. The lowest BCUT2D eigenvalue weighted by Gasteiger charge is -2.35. The van der Waals surface area contributed by atoms with Crippen molar-refractivity contribution >= 4 is 39.2 Å². The number of fused-ring (bicyclic) bond motifs is 2. The number of hydrogen-bond donors (Lipinski definition) is 1. The summed E-state index contributed by atoms with van der Waals surface area (Å²) in [7, 11) is 0. The van der Waals surface area contributed by atoms with E-state index in [9.17, 15) is 0 Å². The van der Waals surface area contributed by atoms with Crippen molar-refractivity contribution in [3.63, 3.8) is 0 Å². The SMILES string of the molecule is C=CN1CCN(c2ncnc3cc(-c4c(C)ccc5[nH]ncc45)c(Cl)c(CCC)c23)CC1. The number of hydrogen-bond acceptors (Lipinski definition) is 5. The quantitative estimate of drug-likeness (QED) is 0.447. The van der Waals surface area contributed by atoms with Crippen LogP contribution in [0.5, 0.6) is 0 Å². The summed E-state index contributed by atoms with van der Waals surface area (Å²) in [4.78, 5) is 14.0. The molecule has 5 rings (SSSR count). The molecule has 0 radical (unpaired) electrons. The summed E-state index contributed by atoms with van der Waals surface area (Å²) < 4.78 is 0. The van der Waals surface area contributed by atoms with Crippen LogP contribution in [0.3, 0.4) is 0 Å². The Kier molecular flexibility index (Phi) is 5.47. The summed E-state index contributed by atoms with van der Waals surface area (Å²) in [5.74, 6) is 0.980. The van der Waals surface area contributed by atoms with Gasteiger partial charge in [-0.2, -0.15) is 5.10 Å². The average Bonchev–Trinajstić information content (AvgIpc) is 3.29. The van der Waals surface area contributed by atoms with Crippen molar-refractivity contribution in [3.8, 4) is 11.1 Å². The Morgan fingerprint density at radius 2 is 2.00 bits per heavy atom. The standard InChI is InChI=1S/C25H27ClN6/c1-4-6-17-23-21(27-15-28-25(23)32-11-9-31(5-2)10-12-32)13-18(24(17)26)22-16(3)7-8-20-19(22)14-29-30-20/h5,7-8,13-15H,2,4,6,9-12H2,1,3H3,(H,29,30). The lowest BCUT2D eigenvalue weighted by molar-refractivity contribution is 0.349. The fraction of sp³-hybridized carbons (Fsp3) is 0.320. The first-order chi connectivity index (χ1) is 15.6. The van der Waals surface area contributed by atoms with Gasteiger partial charge in [0.25, 0.3) is 0 Å². The molecular weight excluding hydrogens is 420 g/mol. The maximum atomic E-state index is 7.17. The van der Waals surface area contributed by atoms with Gasteiger partial charge in [0.15, 0.2) is 0 Å². The number of H-pyrrole nitrogens is 1. The molecule has 1 aliphatic rings. The highest BCUT2D eigenvalue weighted by atomic mass is 35.5. The number of nitrogens with one attached hydrogen (secondary N) is 1. The largest absolute Gasteiger partial charge is 0.374 e. The number of halogens is 1. The minimum atomic E-state index is 0.789. The molecule has 1 N–H and O–H groups in total. The molecule has 3 heterocycles. The lowest BCUT2D eigenvalue weighted by atomic mass is 9.92. The number of aromatic amines is 1. The van der Waals surface area contributed by atoms with Crippen LogP contribution in [0.15, 0.2) is 43.5 Å². The van der Waals surface area contributed by atoms with E-state index in [4.69, 9.17) is 16.6 Å². The van der Waals surface area contributed by atoms with E-state index >= 15 is 0 Å². The van der Waals surface area contributed by atoms with Gasteiger partial charge >= 0.3 is 0 Å². The highest BCUT2D eigenvalue weighted by Gasteiger charge is 2.23. The Morgan fingerprint density at radius 3 is 2.75 bits per heavy atom. The van der Waals surface area contributed by atoms with Crippen molar-refractivity contribution in [3.05, 3.63) is 59.7 Å². The van der Waals surface area contributed by atoms with Gasteiger partial charge in [0.2, 0.25) is 0 Å². The molecule has 0 atom stereocenters. The molecule has 0 aliphatic carbocycles. The van der Waals surface area contributed by atoms with Gasteiger partial charge in [0, 0.05) is 42.5 Å². The van der Waals surface area contributed by atoms with Crippen molar-refractivity contribution in [1.82, 2.24) is 25.1 Å². The second-order valence-electron chi connectivity index (χ2n) is 8.35. The van der Waals surface area contributed by atoms with Gasteiger partial charge in [-0.1, -0.05) is 37.6 Å². The molecule has 0 amide bonds. The molecule has 0 unspecified atom stereocenters. The van der Waals surface area contributed by atoms with Gasteiger partial charge in [-0.3, -0.25) is 5.10 Å². The molecule has 4 aromatic rings. The van der Waals surface area contributed by atoms with Crippen LogP contribution in [-0.4, -0.2) is 51.2 Å². The van der Waals surface area contributed by atoms with Crippen LogP contribution in [0.1, 0.15) is 24.5 Å². The van der Waals surface area contributed by atoms with Crippen molar-refractivity contribution in [2.45, 2.75) is 26.7 Å². The van der Waals surface area contributed by atoms with Crippen LogP contribution in [0.2, 0.25) is 5.02 Å². The van der Waals surface area contributed by atoms with Crippen molar-refractivity contribution < 1.29 is 0 Å². The van der Waals surface area contributed by atoms with Crippen LogP contribution in [0.4, 0.5) is 5.82 Å². The van der Waals surface area contributed by atoms with E-state index < -0.39 is 0 Å². The molecule has 1 saturated heterocycles. The van der Waals surface area contributed by atoms with E-state index in [1.54, 1.807) is 6.33 Å². The zero-order chi connectivity index (χ0) is 22.2. The number of benzene rings is 2. The number of anilines is 1. The highest BCUT2D eigenvalue weighted by molar-refractivity contribution is 6.36. The van der Waals surface area contributed by atoms with Crippen LogP contribution < -0.4 is 4.90 Å². The maximum absolute atomic E-state index is 7.17. The Bertz CT molecular complexity index is 1300. The van der Waals surface area contributed by atoms with Crippen LogP contribution in [0, 0.1) is 6.92 Å². The molecule has 1 fully saturated rings. The topological polar surface area (TPSA) is 60.9 Å². The van der Waals surface area contributed by atoms with Gasteiger partial charge in [0.05, 0.1) is 22.3 Å². The average molecular weight is 447 g/mol. The van der Waals surface area contributed by atoms with E-state index in [0.717, 1.165) is 93.9 Å². The lowest BCUT2D eigenvalue weighted by Crippen LogP contribution is -2.44. The van der Waals surface area contributed by atoms with Crippen LogP contribution in [-0.2, 0) is 6.42 Å². The van der Waals surface area contributed by atoms with Gasteiger partial charge in [-0.25, -0.2) is 9.97 Å². The summed E-state index contributed by atoms with van der Waals surface area (Å²) >= 11 is 7.17. The van der Waals surface area contributed by atoms with Crippen molar-refractivity contribution in [2.24, 2.45) is 0 Å². The van der Waals surface area contributed by atoms with E-state index in [0.29, 0.717) is 0 Å². The molecule has 1 aliphatic heterocycles. The van der Waals surface area contributed by atoms with E-state index in [-0.39, 0.29) is 0 Å². The second kappa shape index (κ2) is 8.43. The van der Waals surface area contributed by atoms with Gasteiger partial charge < -0.3 is 9.80 Å². The smallest absolute Gasteiger partial charge is 0.140 e. The number of aromatic nitrogens is 4. The molecule has 164 valence electrons. The third kappa shape index (κ3) is 3.39. The number of nitrogens with zero attached hydrogens (tertiary/aromatic N) is 5. The predicted octanol–water partition coefficient (Wildman–Crippen LogP) is 5.35. The third-order valence-corrected chi connectivity index (χ3v) is 6.85. The first-order valence-electron chi connectivity index (χ1n) is 11.1. The van der Waals surface area contributed by atoms with Crippen molar-refractivity contribution in [2.75, 3.05) is 31.1 Å². The van der Waals surface area contributed by atoms with Crippen molar-refractivity contribution in [1.29, 1.82) is 0 Å². The first kappa shape index (κ1) is 20.8. The van der Waals surface area contributed by atoms with Crippen LogP contribution >= 0.6 is 11.6 Å². The Hall–Kier alpha value is -3.12. The summed E-state index contributed by atoms with van der Waals surface area (Å²) in [6.45, 7) is 11.9. The number of rotatable bonds is 5. The summed E-state index contributed by atoms with van der Waals surface area (Å²) in [6.07, 6.45) is 7.33. The zero-order valence-corrected chi connectivity index (χ0v) is 19.3. The molecule has 32 heavy (non-hydrogen) atoms. The Labute approximate surface area is 192 Å². The molecular formula is C25H27ClN6. The monoisotopic (exact) mass is 446 g/mol.